The Balaban J connectivity index is 1.41. The number of ketones is 2. The Kier molecular flexibility index (Phi) is 6.74. The average molecular weight is 509 g/mol. The van der Waals surface area contributed by atoms with Crippen molar-refractivity contribution in [2.75, 3.05) is 20.2 Å². The van der Waals surface area contributed by atoms with Gasteiger partial charge in [-0.3, -0.25) is 24.0 Å². The summed E-state index contributed by atoms with van der Waals surface area (Å²) in [6.07, 6.45) is 3.31. The van der Waals surface area contributed by atoms with E-state index in [9.17, 15) is 24.0 Å². The summed E-state index contributed by atoms with van der Waals surface area (Å²) >= 11 is 0. The van der Waals surface area contributed by atoms with Crippen LogP contribution in [0, 0.1) is 17.8 Å². The lowest BCUT2D eigenvalue weighted by Gasteiger charge is -2.29. The van der Waals surface area contributed by atoms with Crippen LogP contribution in [0.4, 0.5) is 0 Å². The van der Waals surface area contributed by atoms with E-state index in [0.717, 1.165) is 30.2 Å². The van der Waals surface area contributed by atoms with Crippen molar-refractivity contribution >= 4 is 40.2 Å². The number of ether oxygens (including phenoxy) is 1. The minimum absolute atomic E-state index is 0.0225. The van der Waals surface area contributed by atoms with Crippen LogP contribution in [0.5, 0.6) is 5.75 Å². The lowest BCUT2D eigenvalue weighted by Crippen LogP contribution is -2.54. The van der Waals surface area contributed by atoms with E-state index >= 15 is 0 Å². The predicted octanol–water partition coefficient (Wildman–Crippen LogP) is 1.59. The van der Waals surface area contributed by atoms with Gasteiger partial charge in [0.25, 0.3) is 5.91 Å². The van der Waals surface area contributed by atoms with Crippen LogP contribution in [-0.2, 0) is 19.2 Å². The first kappa shape index (κ1) is 25.0. The fourth-order valence-electron chi connectivity index (χ4n) is 6.31. The van der Waals surface area contributed by atoms with Crippen molar-refractivity contribution in [3.05, 3.63) is 30.0 Å². The number of fused-ring (bicyclic) bond motifs is 2. The number of amides is 3. The van der Waals surface area contributed by atoms with Crippen LogP contribution in [0.25, 0.3) is 10.9 Å². The molecular weight excluding hydrogens is 476 g/mol. The minimum atomic E-state index is -1.10. The topological polar surface area (TPSA) is 138 Å². The van der Waals surface area contributed by atoms with Crippen molar-refractivity contribution in [1.82, 2.24) is 20.5 Å². The van der Waals surface area contributed by atoms with Gasteiger partial charge in [-0.25, -0.2) is 0 Å². The normalized spacial score (nSPS) is 25.6. The molecule has 3 amide bonds. The zero-order chi connectivity index (χ0) is 26.3. The number of Topliss-reactive ketones (excluding diaryl/α,β-unsaturated/α-hetero) is 2. The summed E-state index contributed by atoms with van der Waals surface area (Å²) < 4.78 is 5.42. The number of H-pyrrole nitrogens is 1. The molecule has 3 fully saturated rings. The molecule has 3 N–H and O–H groups in total. The monoisotopic (exact) mass is 508 g/mol. The highest BCUT2D eigenvalue weighted by atomic mass is 16.5. The van der Waals surface area contributed by atoms with Crippen molar-refractivity contribution in [3.63, 3.8) is 0 Å². The third kappa shape index (κ3) is 4.60. The Morgan fingerprint density at radius 2 is 2.00 bits per heavy atom. The number of benzene rings is 1. The quantitative estimate of drug-likeness (QED) is 0.463. The van der Waals surface area contributed by atoms with Gasteiger partial charge in [0.1, 0.15) is 17.5 Å². The number of nitrogens with one attached hydrogen (secondary N) is 3. The molecule has 1 saturated carbocycles. The summed E-state index contributed by atoms with van der Waals surface area (Å²) in [6.45, 7) is 2.12. The Hall–Kier alpha value is -3.69. The number of likely N-dealkylation sites (tertiary alicyclic amines) is 1. The van der Waals surface area contributed by atoms with E-state index in [1.165, 1.54) is 6.92 Å². The average Bonchev–Trinajstić information content (AvgIpc) is 3.66. The Bertz CT molecular complexity index is 1270. The molecule has 1 aromatic carbocycles. The fourth-order valence-corrected chi connectivity index (χ4v) is 6.31. The molecule has 10 heteroatoms. The molecule has 1 aromatic heterocycles. The molecule has 1 aliphatic carbocycles. The molecule has 10 nitrogen and oxygen atoms in total. The molecule has 2 saturated heterocycles. The Morgan fingerprint density at radius 1 is 1.19 bits per heavy atom. The number of aromatic amines is 1. The van der Waals surface area contributed by atoms with Crippen molar-refractivity contribution in [3.8, 4) is 5.75 Å². The van der Waals surface area contributed by atoms with E-state index in [0.29, 0.717) is 31.0 Å². The number of aromatic nitrogens is 1. The maximum Gasteiger partial charge on any atom is 0.271 e. The summed E-state index contributed by atoms with van der Waals surface area (Å²) in [5.74, 6) is -1.96. The van der Waals surface area contributed by atoms with E-state index in [2.05, 4.69) is 15.6 Å². The van der Waals surface area contributed by atoms with Crippen LogP contribution < -0.4 is 15.4 Å². The van der Waals surface area contributed by atoms with Crippen LogP contribution in [0.1, 0.15) is 49.5 Å². The van der Waals surface area contributed by atoms with Gasteiger partial charge in [0, 0.05) is 36.8 Å². The van der Waals surface area contributed by atoms with Gasteiger partial charge < -0.3 is 25.3 Å². The predicted molar refractivity (Wildman–Crippen MR) is 134 cm³/mol. The number of hydrogen-bond acceptors (Lipinski definition) is 6. The van der Waals surface area contributed by atoms with Crippen molar-refractivity contribution in [1.29, 1.82) is 0 Å². The van der Waals surface area contributed by atoms with Gasteiger partial charge in [0.15, 0.2) is 5.78 Å². The number of carbonyl (C=O) groups is 5. The molecule has 2 aliphatic heterocycles. The van der Waals surface area contributed by atoms with Gasteiger partial charge in [-0.05, 0) is 55.7 Å². The van der Waals surface area contributed by atoms with Gasteiger partial charge in [0.2, 0.25) is 17.6 Å². The van der Waals surface area contributed by atoms with E-state index in [1.807, 2.05) is 18.2 Å². The third-order valence-electron chi connectivity index (χ3n) is 8.16. The minimum Gasteiger partial charge on any atom is -0.496 e. The number of hydrogen-bond donors (Lipinski definition) is 3. The zero-order valence-electron chi connectivity index (χ0n) is 21.0. The second-order valence-corrected chi connectivity index (χ2v) is 10.4. The molecule has 0 bridgehead atoms. The maximum absolute atomic E-state index is 13.7. The van der Waals surface area contributed by atoms with Gasteiger partial charge in [0.05, 0.1) is 13.2 Å². The van der Waals surface area contributed by atoms with Crippen molar-refractivity contribution < 1.29 is 28.7 Å². The van der Waals surface area contributed by atoms with E-state index in [1.54, 1.807) is 18.1 Å². The summed E-state index contributed by atoms with van der Waals surface area (Å²) in [6, 6.07) is 5.38. The lowest BCUT2D eigenvalue weighted by molar-refractivity contribution is -0.139. The number of nitrogens with zero attached hydrogens (tertiary/aromatic N) is 1. The fraction of sp³-hybridized carbons (Fsp3) is 0.519. The lowest BCUT2D eigenvalue weighted by atomic mass is 9.91. The van der Waals surface area contributed by atoms with Crippen LogP contribution in [0.15, 0.2) is 24.3 Å². The molecule has 5 unspecified atom stereocenters. The molecule has 196 valence electrons. The molecule has 0 radical (unpaired) electrons. The number of carbonyl (C=O) groups excluding carboxylic acids is 5. The molecule has 5 rings (SSSR count). The van der Waals surface area contributed by atoms with Crippen LogP contribution in [0.2, 0.25) is 0 Å². The summed E-state index contributed by atoms with van der Waals surface area (Å²) in [4.78, 5) is 68.9. The number of methoxy groups -OCH3 is 1. The summed E-state index contributed by atoms with van der Waals surface area (Å²) in [7, 11) is 1.57. The molecule has 0 spiro atoms. The van der Waals surface area contributed by atoms with Crippen molar-refractivity contribution in [2.24, 2.45) is 17.8 Å². The first-order chi connectivity index (χ1) is 17.8. The summed E-state index contributed by atoms with van der Waals surface area (Å²) in [5, 5.41) is 6.27. The second-order valence-electron chi connectivity index (χ2n) is 10.4. The van der Waals surface area contributed by atoms with Gasteiger partial charge >= 0.3 is 0 Å². The van der Waals surface area contributed by atoms with Crippen LogP contribution in [-0.4, -0.2) is 71.5 Å². The maximum atomic E-state index is 13.7. The Morgan fingerprint density at radius 3 is 2.70 bits per heavy atom. The molecule has 2 aromatic rings. The zero-order valence-corrected chi connectivity index (χ0v) is 21.0. The first-order valence-corrected chi connectivity index (χ1v) is 12.9. The van der Waals surface area contributed by atoms with Gasteiger partial charge in [-0.2, -0.15) is 0 Å². The van der Waals surface area contributed by atoms with Gasteiger partial charge in [-0.1, -0.05) is 12.5 Å². The molecule has 5 atom stereocenters. The Labute approximate surface area is 214 Å². The van der Waals surface area contributed by atoms with E-state index < -0.39 is 35.5 Å². The molecule has 37 heavy (non-hydrogen) atoms. The van der Waals surface area contributed by atoms with E-state index in [4.69, 9.17) is 4.74 Å². The highest BCUT2D eigenvalue weighted by Crippen LogP contribution is 2.43. The first-order valence-electron chi connectivity index (χ1n) is 12.9. The third-order valence-corrected chi connectivity index (χ3v) is 8.16. The van der Waals surface area contributed by atoms with E-state index in [-0.39, 0.29) is 30.1 Å². The molecule has 3 aliphatic rings. The van der Waals surface area contributed by atoms with Crippen LogP contribution in [0.3, 0.4) is 0 Å². The van der Waals surface area contributed by atoms with Gasteiger partial charge in [-0.15, -0.1) is 0 Å². The van der Waals surface area contributed by atoms with Crippen molar-refractivity contribution in [2.45, 2.75) is 51.1 Å². The molecular formula is C27H32N4O6. The number of rotatable bonds is 8. The smallest absolute Gasteiger partial charge is 0.271 e. The SMILES string of the molecule is COc1cccc2[nH]c(C(=O)N3CC4CCCC4C3C(=O)NC(CC3CCNC3=O)C(=O)C(C)=O)cc12. The molecule has 3 heterocycles. The largest absolute Gasteiger partial charge is 0.496 e. The highest BCUT2D eigenvalue weighted by molar-refractivity contribution is 6.38. The second kappa shape index (κ2) is 9.99. The standard InChI is InChI=1S/C27H32N4O6/c1-14(32)24(33)20(11-15-9-10-28-25(15)34)30-26(35)23-17-6-3-5-16(17)13-31(23)27(36)21-12-18-19(29-21)7-4-8-22(18)37-2/h4,7-8,12,15-17,20,23,29H,3,5-6,9-11,13H2,1-2H3,(H,28,34)(H,30,35). The summed E-state index contributed by atoms with van der Waals surface area (Å²) in [5.41, 5.74) is 1.11. The highest BCUT2D eigenvalue weighted by Gasteiger charge is 2.50. The van der Waals surface area contributed by atoms with Crippen LogP contribution >= 0.6 is 0 Å².